The average Bonchev–Trinajstić information content (AvgIpc) is 3.39. The summed E-state index contributed by atoms with van der Waals surface area (Å²) < 4.78 is 6.50. The molecule has 2 saturated heterocycles. The number of aliphatic hydroxyl groups is 1. The van der Waals surface area contributed by atoms with E-state index >= 15 is 0 Å². The Hall–Kier alpha value is -2.45. The summed E-state index contributed by atoms with van der Waals surface area (Å²) in [6.45, 7) is 3.39. The number of piperidine rings is 1. The lowest BCUT2D eigenvalue weighted by Crippen LogP contribution is -2.82. The highest BCUT2D eigenvalue weighted by molar-refractivity contribution is 6.10. The Bertz CT molecular complexity index is 1100. The summed E-state index contributed by atoms with van der Waals surface area (Å²) in [6.07, 6.45) is 2.66. The number of hydrogen-bond acceptors (Lipinski definition) is 6. The lowest BCUT2D eigenvalue weighted by molar-refractivity contribution is -0.191. The number of likely N-dealkylation sites (tertiary alicyclic amines) is 1. The maximum Gasteiger partial charge on any atom is 0.322 e. The van der Waals surface area contributed by atoms with Crippen molar-refractivity contribution in [3.8, 4) is 5.75 Å². The number of carbonyl (C=O) groups excluding carboxylic acids is 3. The fourth-order valence-corrected chi connectivity index (χ4v) is 7.37. The zero-order valence-corrected chi connectivity index (χ0v) is 17.4. The predicted molar refractivity (Wildman–Crippen MR) is 108 cm³/mol. The van der Waals surface area contributed by atoms with Gasteiger partial charge in [-0.15, -0.1) is 0 Å². The number of nitrogens with zero attached hydrogens (tertiary/aromatic N) is 1. The Morgan fingerprint density at radius 3 is 2.71 bits per heavy atom. The van der Waals surface area contributed by atoms with Crippen LogP contribution in [0.3, 0.4) is 0 Å². The van der Waals surface area contributed by atoms with Crippen LogP contribution in [-0.2, 0) is 10.2 Å². The molecular weight excluding hydrogens is 398 g/mol. The van der Waals surface area contributed by atoms with Gasteiger partial charge in [0.05, 0.1) is 5.41 Å². The van der Waals surface area contributed by atoms with Gasteiger partial charge in [-0.2, -0.15) is 0 Å². The SMILES string of the molecule is Cc1ccc2c3c1OC1[C@]34CCN(CC3CC3)[C@H](C2=O)[C@]4(O)CC[C@]12NC(=O)NC2=O. The van der Waals surface area contributed by atoms with Crippen LogP contribution in [0.2, 0.25) is 0 Å². The molecule has 1 aromatic rings. The molecule has 2 spiro atoms. The number of nitrogens with one attached hydrogen (secondary N) is 2. The summed E-state index contributed by atoms with van der Waals surface area (Å²) in [5, 5.41) is 17.6. The summed E-state index contributed by atoms with van der Waals surface area (Å²) in [5.41, 5.74) is -1.27. The number of Topliss-reactive ketones (excluding diaryl/α,β-unsaturated/α-hetero) is 1. The van der Waals surface area contributed by atoms with Crippen LogP contribution in [0.1, 0.15) is 53.6 Å². The first kappa shape index (κ1) is 18.2. The third kappa shape index (κ3) is 1.85. The van der Waals surface area contributed by atoms with Gasteiger partial charge in [0.15, 0.2) is 11.3 Å². The molecule has 7 rings (SSSR count). The van der Waals surface area contributed by atoms with Crippen molar-refractivity contribution in [2.45, 2.75) is 67.7 Å². The second kappa shape index (κ2) is 5.30. The van der Waals surface area contributed by atoms with Crippen LogP contribution in [-0.4, -0.2) is 64.1 Å². The lowest BCUT2D eigenvalue weighted by Gasteiger charge is -2.64. The second-order valence-corrected chi connectivity index (χ2v) is 10.4. The van der Waals surface area contributed by atoms with E-state index in [2.05, 4.69) is 15.5 Å². The molecule has 3 aliphatic heterocycles. The van der Waals surface area contributed by atoms with Gasteiger partial charge in [0.25, 0.3) is 5.91 Å². The lowest BCUT2D eigenvalue weighted by atomic mass is 9.45. The number of benzene rings is 1. The van der Waals surface area contributed by atoms with E-state index in [4.69, 9.17) is 4.74 Å². The van der Waals surface area contributed by atoms with E-state index in [9.17, 15) is 19.5 Å². The van der Waals surface area contributed by atoms with E-state index in [1.165, 1.54) is 12.8 Å². The molecule has 3 heterocycles. The van der Waals surface area contributed by atoms with Gasteiger partial charge in [-0.25, -0.2) is 4.79 Å². The number of ether oxygens (including phenoxy) is 1. The van der Waals surface area contributed by atoms with E-state index in [-0.39, 0.29) is 18.6 Å². The number of urea groups is 1. The van der Waals surface area contributed by atoms with E-state index < -0.39 is 40.6 Å². The molecule has 6 aliphatic rings. The van der Waals surface area contributed by atoms with Crippen molar-refractivity contribution in [2.75, 3.05) is 13.1 Å². The number of rotatable bonds is 2. The van der Waals surface area contributed by atoms with Gasteiger partial charge < -0.3 is 15.2 Å². The van der Waals surface area contributed by atoms with Crippen LogP contribution in [0.15, 0.2) is 12.1 Å². The van der Waals surface area contributed by atoms with Crippen LogP contribution in [0.4, 0.5) is 4.79 Å². The number of ketones is 1. The Morgan fingerprint density at radius 2 is 2.00 bits per heavy atom. The molecule has 0 aromatic heterocycles. The molecule has 1 aromatic carbocycles. The number of amides is 3. The summed E-state index contributed by atoms with van der Waals surface area (Å²) in [5.74, 6) is 0.735. The number of carbonyl (C=O) groups is 3. The van der Waals surface area contributed by atoms with E-state index in [0.29, 0.717) is 30.2 Å². The Labute approximate surface area is 179 Å². The van der Waals surface area contributed by atoms with Crippen molar-refractivity contribution >= 4 is 17.7 Å². The minimum Gasteiger partial charge on any atom is -0.486 e. The molecule has 2 bridgehead atoms. The molecule has 3 aliphatic carbocycles. The first-order valence-corrected chi connectivity index (χ1v) is 11.3. The Morgan fingerprint density at radius 1 is 1.19 bits per heavy atom. The van der Waals surface area contributed by atoms with Crippen LogP contribution in [0, 0.1) is 12.8 Å². The molecule has 31 heavy (non-hydrogen) atoms. The first-order valence-electron chi connectivity index (χ1n) is 11.3. The van der Waals surface area contributed by atoms with E-state index in [0.717, 1.165) is 17.7 Å². The van der Waals surface area contributed by atoms with Crippen molar-refractivity contribution in [1.29, 1.82) is 0 Å². The molecule has 5 atom stereocenters. The fourth-order valence-electron chi connectivity index (χ4n) is 7.37. The highest BCUT2D eigenvalue weighted by Crippen LogP contribution is 2.66. The average molecular weight is 423 g/mol. The highest BCUT2D eigenvalue weighted by Gasteiger charge is 2.79. The molecule has 162 valence electrons. The van der Waals surface area contributed by atoms with Crippen molar-refractivity contribution in [1.82, 2.24) is 15.5 Å². The van der Waals surface area contributed by atoms with Gasteiger partial charge >= 0.3 is 6.03 Å². The molecule has 8 heteroatoms. The number of imide groups is 1. The third-order valence-corrected chi connectivity index (χ3v) is 8.89. The van der Waals surface area contributed by atoms with Crippen molar-refractivity contribution < 1.29 is 24.2 Å². The van der Waals surface area contributed by atoms with E-state index in [1.54, 1.807) is 0 Å². The molecule has 8 nitrogen and oxygen atoms in total. The van der Waals surface area contributed by atoms with Gasteiger partial charge in [0.2, 0.25) is 0 Å². The van der Waals surface area contributed by atoms with Gasteiger partial charge in [-0.3, -0.25) is 19.8 Å². The minimum atomic E-state index is -1.34. The smallest absolute Gasteiger partial charge is 0.322 e. The Kier molecular flexibility index (Phi) is 3.10. The van der Waals surface area contributed by atoms with Gasteiger partial charge in [-0.05, 0) is 50.5 Å². The van der Waals surface area contributed by atoms with Crippen molar-refractivity contribution in [2.24, 2.45) is 5.92 Å². The van der Waals surface area contributed by atoms with Crippen LogP contribution in [0.25, 0.3) is 0 Å². The third-order valence-electron chi connectivity index (χ3n) is 8.89. The zero-order valence-electron chi connectivity index (χ0n) is 17.4. The van der Waals surface area contributed by atoms with Crippen LogP contribution in [0.5, 0.6) is 5.75 Å². The monoisotopic (exact) mass is 423 g/mol. The van der Waals surface area contributed by atoms with Crippen molar-refractivity contribution in [3.63, 3.8) is 0 Å². The maximum atomic E-state index is 13.8. The van der Waals surface area contributed by atoms with Gasteiger partial charge in [0, 0.05) is 24.2 Å². The topological polar surface area (TPSA) is 108 Å². The largest absolute Gasteiger partial charge is 0.486 e. The van der Waals surface area contributed by atoms with E-state index in [1.807, 2.05) is 19.1 Å². The highest BCUT2D eigenvalue weighted by atomic mass is 16.5. The van der Waals surface area contributed by atoms with Gasteiger partial charge in [0.1, 0.15) is 23.5 Å². The molecular formula is C23H25N3O5. The van der Waals surface area contributed by atoms with Gasteiger partial charge in [-0.1, -0.05) is 12.1 Å². The quantitative estimate of drug-likeness (QED) is 0.607. The molecule has 3 N–H and O–H groups in total. The summed E-state index contributed by atoms with van der Waals surface area (Å²) in [7, 11) is 0. The molecule has 2 saturated carbocycles. The molecule has 1 unspecified atom stereocenters. The second-order valence-electron chi connectivity index (χ2n) is 10.4. The molecule has 0 radical (unpaired) electrons. The predicted octanol–water partition coefficient (Wildman–Crippen LogP) is 0.778. The first-order chi connectivity index (χ1) is 14.8. The summed E-state index contributed by atoms with van der Waals surface area (Å²) in [4.78, 5) is 41.2. The maximum absolute atomic E-state index is 13.8. The number of hydrogen-bond donors (Lipinski definition) is 3. The zero-order chi connectivity index (χ0) is 21.3. The standard InChI is InChI=1S/C23H25N3O5/c1-11-2-5-13-14-16(11)31-18-21(14)8-9-26(10-12-3-4-12)17(15(13)27)23(21,30)7-6-22(18)19(28)24-20(29)25-22/h2,5,12,17-18,30H,3-4,6-10H2,1H3,(H2,24,25,28,29)/t17-,18?,21+,22+,23-/m1/s1. The molecule has 4 fully saturated rings. The van der Waals surface area contributed by atoms with Crippen molar-refractivity contribution in [3.05, 3.63) is 28.8 Å². The molecule has 3 amide bonds. The fraction of sp³-hybridized carbons (Fsp3) is 0.609. The Balaban J connectivity index is 1.49. The van der Waals surface area contributed by atoms with Crippen LogP contribution < -0.4 is 15.4 Å². The van der Waals surface area contributed by atoms with Crippen LogP contribution >= 0.6 is 0 Å². The summed E-state index contributed by atoms with van der Waals surface area (Å²) >= 11 is 0. The minimum absolute atomic E-state index is 0.0464. The normalized spacial score (nSPS) is 42.3. The number of fused-ring (bicyclic) bond motifs is 1. The summed E-state index contributed by atoms with van der Waals surface area (Å²) in [6, 6.07) is 2.56. The number of aryl methyl sites for hydroxylation is 1.